The van der Waals surface area contributed by atoms with E-state index in [4.69, 9.17) is 9.47 Å². The van der Waals surface area contributed by atoms with Gasteiger partial charge in [-0.2, -0.15) is 0 Å². The first-order valence-corrected chi connectivity index (χ1v) is 12.9. The lowest BCUT2D eigenvalue weighted by atomic mass is 9.71. The van der Waals surface area contributed by atoms with Crippen LogP contribution in [0.3, 0.4) is 0 Å². The Labute approximate surface area is 213 Å². The number of rotatable bonds is 4. The summed E-state index contributed by atoms with van der Waals surface area (Å²) in [5, 5.41) is 9.79. The van der Waals surface area contributed by atoms with E-state index in [2.05, 4.69) is 77.0 Å². The Kier molecular flexibility index (Phi) is 6.24. The van der Waals surface area contributed by atoms with Crippen LogP contribution >= 0.6 is 22.6 Å². The summed E-state index contributed by atoms with van der Waals surface area (Å²) in [6.45, 7) is 3.39. The van der Waals surface area contributed by atoms with Crippen LogP contribution < -0.4 is 4.74 Å². The van der Waals surface area contributed by atoms with E-state index in [9.17, 15) is 9.90 Å². The molecule has 6 nitrogen and oxygen atoms in total. The van der Waals surface area contributed by atoms with Crippen LogP contribution in [-0.4, -0.2) is 41.3 Å². The molecule has 3 aromatic rings. The van der Waals surface area contributed by atoms with Gasteiger partial charge in [-0.1, -0.05) is 65.1 Å². The first kappa shape index (κ1) is 23.1. The van der Waals surface area contributed by atoms with Gasteiger partial charge in [0.1, 0.15) is 5.60 Å². The molecule has 2 aliphatic rings. The highest BCUT2D eigenvalue weighted by Gasteiger charge is 2.51. The monoisotopic (exact) mass is 570 g/mol. The maximum absolute atomic E-state index is 11.9. The van der Waals surface area contributed by atoms with E-state index >= 15 is 0 Å². The number of ether oxygens (including phenoxy) is 2. The third-order valence-corrected chi connectivity index (χ3v) is 8.04. The number of pyridine rings is 1. The molecule has 2 aliphatic heterocycles. The van der Waals surface area contributed by atoms with Gasteiger partial charge in [0.25, 0.3) is 0 Å². The number of carbonyl (C=O) groups is 1. The lowest BCUT2D eigenvalue weighted by Crippen LogP contribution is -2.50. The van der Waals surface area contributed by atoms with Crippen LogP contribution in [0.1, 0.15) is 40.2 Å². The molecule has 1 N–H and O–H groups in total. The molecule has 5 rings (SSSR count). The molecule has 2 atom stereocenters. The molecule has 1 fully saturated rings. The summed E-state index contributed by atoms with van der Waals surface area (Å²) in [4.78, 5) is 17.8. The van der Waals surface area contributed by atoms with E-state index in [0.29, 0.717) is 32.0 Å². The summed E-state index contributed by atoms with van der Waals surface area (Å²) in [7, 11) is 1.61. The van der Waals surface area contributed by atoms with Crippen molar-refractivity contribution in [2.75, 3.05) is 20.2 Å². The largest absolute Gasteiger partial charge is 0.481 e. The summed E-state index contributed by atoms with van der Waals surface area (Å²) in [5.41, 5.74) is 7.45. The molecule has 34 heavy (non-hydrogen) atoms. The lowest BCUT2D eigenvalue weighted by Gasteiger charge is -2.45. The number of carboxylic acid groups (broad SMARTS) is 1. The number of hydrogen-bond acceptors (Lipinski definition) is 4. The fourth-order valence-electron chi connectivity index (χ4n) is 5.47. The Hall–Kier alpha value is -2.65. The second kappa shape index (κ2) is 9.19. The maximum Gasteiger partial charge on any atom is 0.407 e. The molecule has 1 saturated heterocycles. The number of aryl methyl sites for hydroxylation is 1. The molecule has 0 radical (unpaired) electrons. The van der Waals surface area contributed by atoms with Crippen LogP contribution in [0.4, 0.5) is 4.79 Å². The molecule has 3 heterocycles. The minimum absolute atomic E-state index is 0.139. The third-order valence-electron chi connectivity index (χ3n) is 7.22. The first-order chi connectivity index (χ1) is 16.5. The molecule has 176 valence electrons. The summed E-state index contributed by atoms with van der Waals surface area (Å²) in [6.07, 6.45) is 1.51. The molecule has 2 aromatic carbocycles. The van der Waals surface area contributed by atoms with Crippen molar-refractivity contribution in [3.05, 3.63) is 82.5 Å². The van der Waals surface area contributed by atoms with Gasteiger partial charge in [0.05, 0.1) is 13.7 Å². The van der Waals surface area contributed by atoms with E-state index in [1.54, 1.807) is 7.11 Å². The number of fused-ring (bicyclic) bond motifs is 2. The van der Waals surface area contributed by atoms with Gasteiger partial charge in [-0.15, -0.1) is 0 Å². The van der Waals surface area contributed by atoms with E-state index in [-0.39, 0.29) is 5.92 Å². The normalized spacial score (nSPS) is 21.5. The summed E-state index contributed by atoms with van der Waals surface area (Å²) < 4.78 is 12.9. The zero-order valence-corrected chi connectivity index (χ0v) is 21.4. The summed E-state index contributed by atoms with van der Waals surface area (Å²) >= 11 is 2.40. The average Bonchev–Trinajstić information content (AvgIpc) is 3.22. The zero-order valence-electron chi connectivity index (χ0n) is 19.3. The van der Waals surface area contributed by atoms with E-state index in [0.717, 1.165) is 26.7 Å². The minimum atomic E-state index is -0.893. The predicted octanol–water partition coefficient (Wildman–Crippen LogP) is 5.89. The number of piperidine rings is 1. The Balaban J connectivity index is 1.61. The van der Waals surface area contributed by atoms with Crippen molar-refractivity contribution in [2.24, 2.45) is 0 Å². The predicted molar refractivity (Wildman–Crippen MR) is 139 cm³/mol. The maximum atomic E-state index is 11.9. The second-order valence-corrected chi connectivity index (χ2v) is 9.72. The van der Waals surface area contributed by atoms with Gasteiger partial charge in [-0.3, -0.25) is 0 Å². The van der Waals surface area contributed by atoms with Crippen molar-refractivity contribution in [3.8, 4) is 17.0 Å². The third kappa shape index (κ3) is 3.84. The number of likely N-dealkylation sites (tertiary alicyclic amines) is 1. The minimum Gasteiger partial charge on any atom is -0.481 e. The number of methoxy groups -OCH3 is 1. The van der Waals surface area contributed by atoms with Crippen molar-refractivity contribution < 1.29 is 19.4 Å². The number of benzene rings is 2. The number of halogens is 1. The molecule has 0 bridgehead atoms. The Morgan fingerprint density at radius 3 is 2.85 bits per heavy atom. The fraction of sp³-hybridized carbons (Fsp3) is 0.333. The van der Waals surface area contributed by atoms with Crippen LogP contribution in [0.5, 0.6) is 5.88 Å². The van der Waals surface area contributed by atoms with Crippen molar-refractivity contribution in [1.82, 2.24) is 9.88 Å². The lowest BCUT2D eigenvalue weighted by molar-refractivity contribution is -0.0915. The molecule has 0 saturated carbocycles. The Morgan fingerprint density at radius 2 is 2.12 bits per heavy atom. The van der Waals surface area contributed by atoms with Gasteiger partial charge in [0.15, 0.2) is 0 Å². The van der Waals surface area contributed by atoms with Gasteiger partial charge >= 0.3 is 6.09 Å². The highest BCUT2D eigenvalue weighted by molar-refractivity contribution is 14.1. The highest BCUT2D eigenvalue weighted by atomic mass is 127. The molecule has 1 amide bonds. The molecule has 1 spiro atoms. The molecular formula is C27H27IN2O4. The summed E-state index contributed by atoms with van der Waals surface area (Å²) in [6, 6.07) is 17.0. The van der Waals surface area contributed by atoms with E-state index in [1.165, 1.54) is 21.6 Å². The standard InChI is InChI=1S/C27H27IN2O4/c1-17-11-18(22-6-4-3-5-19(22)13-28)7-8-21(17)24-15-30(26(31)32)10-9-27(24)23-12-25(33-2)29-14-20(23)16-34-27/h3-8,11-12,14,24H,9-10,13,15-16H2,1-2H3,(H,31,32)/t24-,27+/m1/s1. The Bertz CT molecular complexity index is 1250. The second-order valence-electron chi connectivity index (χ2n) is 8.96. The van der Waals surface area contributed by atoms with Crippen LogP contribution in [-0.2, 0) is 21.4 Å². The smallest absolute Gasteiger partial charge is 0.407 e. The highest BCUT2D eigenvalue weighted by Crippen LogP contribution is 2.52. The molecule has 1 aromatic heterocycles. The van der Waals surface area contributed by atoms with E-state index < -0.39 is 11.7 Å². The fourth-order valence-corrected chi connectivity index (χ4v) is 6.14. The van der Waals surface area contributed by atoms with Gasteiger partial charge in [-0.25, -0.2) is 9.78 Å². The number of amides is 1. The average molecular weight is 570 g/mol. The summed E-state index contributed by atoms with van der Waals surface area (Å²) in [5.74, 6) is 0.407. The topological polar surface area (TPSA) is 71.9 Å². The number of aromatic nitrogens is 1. The van der Waals surface area contributed by atoms with Crippen LogP contribution in [0.25, 0.3) is 11.1 Å². The quantitative estimate of drug-likeness (QED) is 0.313. The Morgan fingerprint density at radius 1 is 1.29 bits per heavy atom. The first-order valence-electron chi connectivity index (χ1n) is 11.4. The van der Waals surface area contributed by atoms with E-state index in [1.807, 2.05) is 12.3 Å². The molecule has 0 unspecified atom stereocenters. The number of nitrogens with zero attached hydrogens (tertiary/aromatic N) is 2. The van der Waals surface area contributed by atoms with Crippen molar-refractivity contribution in [1.29, 1.82) is 0 Å². The van der Waals surface area contributed by atoms with Crippen molar-refractivity contribution in [2.45, 2.75) is 35.9 Å². The van der Waals surface area contributed by atoms with Gasteiger partial charge < -0.3 is 19.5 Å². The number of alkyl halides is 1. The SMILES string of the molecule is COc1cc2c(cn1)CO[C@@]21CCN(C(=O)O)C[C@@H]1c1ccc(-c2ccccc2CI)cc1C. The van der Waals surface area contributed by atoms with Gasteiger partial charge in [-0.05, 0) is 46.7 Å². The van der Waals surface area contributed by atoms with Crippen molar-refractivity contribution in [3.63, 3.8) is 0 Å². The molecular weight excluding hydrogens is 543 g/mol. The van der Waals surface area contributed by atoms with Crippen molar-refractivity contribution >= 4 is 28.7 Å². The van der Waals surface area contributed by atoms with Crippen LogP contribution in [0, 0.1) is 6.92 Å². The van der Waals surface area contributed by atoms with Gasteiger partial charge in [0.2, 0.25) is 5.88 Å². The molecule has 7 heteroatoms. The molecule has 0 aliphatic carbocycles. The number of hydrogen-bond donors (Lipinski definition) is 1. The van der Waals surface area contributed by atoms with Crippen LogP contribution in [0.2, 0.25) is 0 Å². The van der Waals surface area contributed by atoms with Crippen LogP contribution in [0.15, 0.2) is 54.7 Å². The zero-order chi connectivity index (χ0) is 23.9. The van der Waals surface area contributed by atoms with Gasteiger partial charge in [0, 0.05) is 41.3 Å².